The molecule has 0 spiro atoms. The molecule has 9 nitrogen and oxygen atoms in total. The topological polar surface area (TPSA) is 101 Å². The molecule has 2 heterocycles. The molecule has 0 saturated carbocycles. The Labute approximate surface area is 198 Å². The van der Waals surface area contributed by atoms with Crippen LogP contribution in [0.4, 0.5) is 4.79 Å². The minimum atomic E-state index is -0.139. The van der Waals surface area contributed by atoms with E-state index in [4.69, 9.17) is 9.26 Å². The van der Waals surface area contributed by atoms with Crippen molar-refractivity contribution in [2.24, 2.45) is 0 Å². The largest absolute Gasteiger partial charge is 0.378 e. The van der Waals surface area contributed by atoms with Crippen molar-refractivity contribution in [1.82, 2.24) is 25.3 Å². The predicted molar refractivity (Wildman–Crippen MR) is 126 cm³/mol. The van der Waals surface area contributed by atoms with Crippen LogP contribution >= 0.6 is 0 Å². The highest BCUT2D eigenvalue weighted by atomic mass is 16.5. The molecule has 4 rings (SSSR count). The zero-order valence-electron chi connectivity index (χ0n) is 19.3. The third kappa shape index (κ3) is 6.20. The van der Waals surface area contributed by atoms with E-state index in [1.807, 2.05) is 30.3 Å². The van der Waals surface area contributed by atoms with E-state index in [1.165, 1.54) is 5.56 Å². The maximum atomic E-state index is 12.6. The Kier molecular flexibility index (Phi) is 7.87. The number of carbonyl (C=O) groups is 2. The number of morpholine rings is 1. The minimum absolute atomic E-state index is 0.00819. The normalized spacial score (nSPS) is 13.5. The number of likely N-dealkylation sites (N-methyl/N-ethyl adjacent to an activating group) is 1. The Bertz CT molecular complexity index is 1080. The number of urea groups is 1. The zero-order chi connectivity index (χ0) is 23.8. The number of benzene rings is 2. The zero-order valence-corrected chi connectivity index (χ0v) is 19.3. The van der Waals surface area contributed by atoms with E-state index < -0.39 is 0 Å². The van der Waals surface area contributed by atoms with Crippen LogP contribution < -0.4 is 5.32 Å². The van der Waals surface area contributed by atoms with Crippen molar-refractivity contribution in [3.8, 4) is 11.5 Å². The highest BCUT2D eigenvalue weighted by molar-refractivity contribution is 5.94. The van der Waals surface area contributed by atoms with Gasteiger partial charge in [-0.1, -0.05) is 35.5 Å². The summed E-state index contributed by atoms with van der Waals surface area (Å²) in [5, 5.41) is 6.94. The molecule has 178 valence electrons. The second-order valence-electron chi connectivity index (χ2n) is 8.14. The van der Waals surface area contributed by atoms with E-state index >= 15 is 0 Å². The molecule has 0 atom stereocenters. The summed E-state index contributed by atoms with van der Waals surface area (Å²) < 4.78 is 10.7. The lowest BCUT2D eigenvalue weighted by atomic mass is 10.1. The van der Waals surface area contributed by atoms with Gasteiger partial charge in [0, 0.05) is 50.8 Å². The number of aromatic nitrogens is 2. The molecule has 1 aliphatic heterocycles. The maximum absolute atomic E-state index is 12.6. The van der Waals surface area contributed by atoms with E-state index in [1.54, 1.807) is 41.1 Å². The Morgan fingerprint density at radius 1 is 1.03 bits per heavy atom. The summed E-state index contributed by atoms with van der Waals surface area (Å²) in [5.74, 6) is 0.897. The highest BCUT2D eigenvalue weighted by Crippen LogP contribution is 2.19. The molecular formula is C25H29N5O4. The van der Waals surface area contributed by atoms with Crippen LogP contribution in [-0.2, 0) is 17.6 Å². The van der Waals surface area contributed by atoms with Crippen molar-refractivity contribution < 1.29 is 18.8 Å². The van der Waals surface area contributed by atoms with Gasteiger partial charge in [0.25, 0.3) is 11.8 Å². The van der Waals surface area contributed by atoms with Crippen LogP contribution in [0.15, 0.2) is 59.1 Å². The summed E-state index contributed by atoms with van der Waals surface area (Å²) >= 11 is 0. The molecule has 9 heteroatoms. The van der Waals surface area contributed by atoms with Gasteiger partial charge >= 0.3 is 6.03 Å². The monoisotopic (exact) mass is 463 g/mol. The van der Waals surface area contributed by atoms with Crippen molar-refractivity contribution in [1.29, 1.82) is 0 Å². The summed E-state index contributed by atoms with van der Waals surface area (Å²) in [4.78, 5) is 32.7. The number of hydrogen-bond acceptors (Lipinski definition) is 6. The van der Waals surface area contributed by atoms with Crippen LogP contribution in [0.3, 0.4) is 0 Å². The number of carbonyl (C=O) groups excluding carboxylic acids is 2. The number of amides is 3. The molecule has 1 saturated heterocycles. The molecule has 3 amide bonds. The van der Waals surface area contributed by atoms with Crippen molar-refractivity contribution in [2.75, 3.05) is 46.4 Å². The summed E-state index contributed by atoms with van der Waals surface area (Å²) in [6.07, 6.45) is 1.26. The molecule has 0 aliphatic carbocycles. The molecular weight excluding hydrogens is 434 g/mol. The van der Waals surface area contributed by atoms with E-state index in [0.717, 1.165) is 12.0 Å². The Balaban J connectivity index is 1.24. The second-order valence-corrected chi connectivity index (χ2v) is 8.14. The summed E-state index contributed by atoms with van der Waals surface area (Å²) in [6.45, 7) is 3.38. The first-order chi connectivity index (χ1) is 16.6. The number of nitrogens with one attached hydrogen (secondary N) is 1. The molecule has 0 unspecified atom stereocenters. The van der Waals surface area contributed by atoms with Crippen molar-refractivity contribution in [2.45, 2.75) is 12.8 Å². The number of ether oxygens (including phenoxy) is 1. The molecule has 0 radical (unpaired) electrons. The van der Waals surface area contributed by atoms with Gasteiger partial charge in [0.05, 0.1) is 13.2 Å². The SMILES string of the molecule is CN(CCc1noc(-c2ccc(C(=O)N3CCOCC3)cc2)n1)C(=O)NCCc1ccccc1. The number of nitrogens with zero attached hydrogens (tertiary/aromatic N) is 4. The summed E-state index contributed by atoms with van der Waals surface area (Å²) in [7, 11) is 1.74. The summed E-state index contributed by atoms with van der Waals surface area (Å²) in [6, 6.07) is 17.0. The maximum Gasteiger partial charge on any atom is 0.317 e. The van der Waals surface area contributed by atoms with Gasteiger partial charge in [-0.2, -0.15) is 4.98 Å². The van der Waals surface area contributed by atoms with E-state index in [2.05, 4.69) is 15.5 Å². The summed E-state index contributed by atoms with van der Waals surface area (Å²) in [5.41, 5.74) is 2.54. The number of rotatable bonds is 8. The van der Waals surface area contributed by atoms with Gasteiger partial charge in [-0.15, -0.1) is 0 Å². The standard InChI is InChI=1S/C25H29N5O4/c1-29(25(32)26-13-11-19-5-3-2-4-6-19)14-12-22-27-23(34-28-22)20-7-9-21(10-8-20)24(31)30-15-17-33-18-16-30/h2-10H,11-18H2,1H3,(H,26,32). The lowest BCUT2D eigenvalue weighted by molar-refractivity contribution is 0.0303. The highest BCUT2D eigenvalue weighted by Gasteiger charge is 2.19. The van der Waals surface area contributed by atoms with Gasteiger partial charge in [0.15, 0.2) is 5.82 Å². The van der Waals surface area contributed by atoms with Crippen LogP contribution in [0.1, 0.15) is 21.7 Å². The average molecular weight is 464 g/mol. The Morgan fingerprint density at radius 2 is 1.76 bits per heavy atom. The average Bonchev–Trinajstić information content (AvgIpc) is 3.37. The van der Waals surface area contributed by atoms with Crippen LogP contribution in [-0.4, -0.2) is 78.3 Å². The first-order valence-corrected chi connectivity index (χ1v) is 11.4. The second kappa shape index (κ2) is 11.4. The Hall–Kier alpha value is -3.72. The fourth-order valence-corrected chi connectivity index (χ4v) is 3.64. The fourth-order valence-electron chi connectivity index (χ4n) is 3.64. The quantitative estimate of drug-likeness (QED) is 0.551. The van der Waals surface area contributed by atoms with Crippen molar-refractivity contribution >= 4 is 11.9 Å². The van der Waals surface area contributed by atoms with Crippen LogP contribution in [0.5, 0.6) is 0 Å². The van der Waals surface area contributed by atoms with Crippen LogP contribution in [0.25, 0.3) is 11.5 Å². The molecule has 3 aromatic rings. The minimum Gasteiger partial charge on any atom is -0.378 e. The smallest absolute Gasteiger partial charge is 0.317 e. The van der Waals surface area contributed by atoms with Crippen molar-refractivity contribution in [3.05, 3.63) is 71.5 Å². The fraction of sp³-hybridized carbons (Fsp3) is 0.360. The molecule has 1 fully saturated rings. The van der Waals surface area contributed by atoms with Gasteiger partial charge in [-0.3, -0.25) is 4.79 Å². The van der Waals surface area contributed by atoms with Gasteiger partial charge in [0.1, 0.15) is 0 Å². The Morgan fingerprint density at radius 3 is 2.50 bits per heavy atom. The van der Waals surface area contributed by atoms with Gasteiger partial charge < -0.3 is 24.4 Å². The molecule has 0 bridgehead atoms. The van der Waals surface area contributed by atoms with Crippen LogP contribution in [0.2, 0.25) is 0 Å². The third-order valence-corrected chi connectivity index (χ3v) is 5.70. The molecule has 1 aromatic heterocycles. The van der Waals surface area contributed by atoms with Crippen LogP contribution in [0, 0.1) is 0 Å². The molecule has 1 aliphatic rings. The van der Waals surface area contributed by atoms with E-state index in [9.17, 15) is 9.59 Å². The molecule has 2 aromatic carbocycles. The molecule has 1 N–H and O–H groups in total. The number of hydrogen-bond donors (Lipinski definition) is 1. The van der Waals surface area contributed by atoms with Gasteiger partial charge in [-0.05, 0) is 36.2 Å². The first kappa shape index (κ1) is 23.4. The lowest BCUT2D eigenvalue weighted by Crippen LogP contribution is -2.40. The van der Waals surface area contributed by atoms with E-state index in [0.29, 0.717) is 63.1 Å². The first-order valence-electron chi connectivity index (χ1n) is 11.4. The molecule has 34 heavy (non-hydrogen) atoms. The predicted octanol–water partition coefficient (Wildman–Crippen LogP) is 2.64. The lowest BCUT2D eigenvalue weighted by Gasteiger charge is -2.26. The van der Waals surface area contributed by atoms with Gasteiger partial charge in [0.2, 0.25) is 0 Å². The van der Waals surface area contributed by atoms with Crippen molar-refractivity contribution in [3.63, 3.8) is 0 Å². The van der Waals surface area contributed by atoms with Gasteiger partial charge in [-0.25, -0.2) is 4.79 Å². The third-order valence-electron chi connectivity index (χ3n) is 5.70. The van der Waals surface area contributed by atoms with E-state index in [-0.39, 0.29) is 11.9 Å².